The molecular formula is C10H16I2O3. The standard InChI is InChI=1S/C10H16I2O3/c1-7-5-3-4-6-10(7,12)15-9(13)14-8(2)11/h7-8H,3-6H2,1-2H3. The van der Waals surface area contributed by atoms with Crippen LogP contribution in [0.15, 0.2) is 0 Å². The largest absolute Gasteiger partial charge is 0.510 e. The van der Waals surface area contributed by atoms with Gasteiger partial charge in [0.15, 0.2) is 7.72 Å². The fourth-order valence-corrected chi connectivity index (χ4v) is 2.81. The van der Waals surface area contributed by atoms with Gasteiger partial charge in [0.1, 0.15) is 0 Å². The molecule has 1 aliphatic rings. The van der Waals surface area contributed by atoms with Crippen molar-refractivity contribution in [3.63, 3.8) is 0 Å². The molecule has 1 fully saturated rings. The van der Waals surface area contributed by atoms with Crippen molar-refractivity contribution in [3.8, 4) is 0 Å². The molecule has 3 nitrogen and oxygen atoms in total. The third kappa shape index (κ3) is 4.24. The summed E-state index contributed by atoms with van der Waals surface area (Å²) in [6.45, 7) is 3.94. The van der Waals surface area contributed by atoms with Crippen LogP contribution in [0.1, 0.15) is 39.5 Å². The molecule has 5 heteroatoms. The van der Waals surface area contributed by atoms with E-state index in [0.717, 1.165) is 19.3 Å². The van der Waals surface area contributed by atoms with Crippen LogP contribution in [-0.4, -0.2) is 13.9 Å². The van der Waals surface area contributed by atoms with E-state index in [1.54, 1.807) is 0 Å². The van der Waals surface area contributed by atoms with E-state index in [-0.39, 0.29) is 7.72 Å². The first kappa shape index (κ1) is 13.8. The highest BCUT2D eigenvalue weighted by Crippen LogP contribution is 2.42. The van der Waals surface area contributed by atoms with Gasteiger partial charge < -0.3 is 9.47 Å². The number of carbonyl (C=O) groups excluding carboxylic acids is 1. The Morgan fingerprint density at radius 2 is 2.20 bits per heavy atom. The van der Waals surface area contributed by atoms with E-state index in [2.05, 4.69) is 29.5 Å². The molecule has 0 N–H and O–H groups in total. The molecule has 0 bridgehead atoms. The van der Waals surface area contributed by atoms with Gasteiger partial charge in [-0.15, -0.1) is 0 Å². The SMILES string of the molecule is CC(I)OC(=O)OC1(I)CCCCC1C. The van der Waals surface area contributed by atoms with E-state index in [1.165, 1.54) is 6.42 Å². The molecule has 3 unspecified atom stereocenters. The number of halogens is 2. The number of hydrogen-bond acceptors (Lipinski definition) is 3. The highest BCUT2D eigenvalue weighted by molar-refractivity contribution is 14.1. The number of ether oxygens (including phenoxy) is 2. The van der Waals surface area contributed by atoms with Crippen molar-refractivity contribution in [2.24, 2.45) is 5.92 Å². The predicted octanol–water partition coefficient (Wildman–Crippen LogP) is 4.26. The molecule has 0 amide bonds. The fourth-order valence-electron chi connectivity index (χ4n) is 1.73. The summed E-state index contributed by atoms with van der Waals surface area (Å²) in [6.07, 6.45) is 3.86. The van der Waals surface area contributed by atoms with E-state index >= 15 is 0 Å². The van der Waals surface area contributed by atoms with Crippen molar-refractivity contribution in [2.45, 2.75) is 47.2 Å². The topological polar surface area (TPSA) is 35.5 Å². The maximum Gasteiger partial charge on any atom is 0.510 e. The molecule has 0 aromatic rings. The molecule has 1 rings (SSSR count). The monoisotopic (exact) mass is 438 g/mol. The van der Waals surface area contributed by atoms with Crippen LogP contribution in [0.2, 0.25) is 0 Å². The minimum Gasteiger partial charge on any atom is -0.421 e. The van der Waals surface area contributed by atoms with Gasteiger partial charge in [0, 0.05) is 5.92 Å². The number of alkyl halides is 2. The quantitative estimate of drug-likeness (QED) is 0.368. The van der Waals surface area contributed by atoms with E-state index in [1.807, 2.05) is 29.5 Å². The zero-order valence-electron chi connectivity index (χ0n) is 8.96. The Balaban J connectivity index is 2.50. The average Bonchev–Trinajstić information content (AvgIpc) is 2.08. The first-order valence-electron chi connectivity index (χ1n) is 5.16. The first-order chi connectivity index (χ1) is 6.94. The fraction of sp³-hybridized carbons (Fsp3) is 0.900. The van der Waals surface area contributed by atoms with Crippen LogP contribution >= 0.6 is 45.2 Å². The van der Waals surface area contributed by atoms with Gasteiger partial charge >= 0.3 is 6.16 Å². The van der Waals surface area contributed by atoms with E-state index < -0.39 is 6.16 Å². The van der Waals surface area contributed by atoms with E-state index in [9.17, 15) is 4.79 Å². The predicted molar refractivity (Wildman–Crippen MR) is 75.4 cm³/mol. The van der Waals surface area contributed by atoms with E-state index in [0.29, 0.717) is 5.92 Å². The molecule has 0 spiro atoms. The van der Waals surface area contributed by atoms with Crippen molar-refractivity contribution in [2.75, 3.05) is 0 Å². The molecule has 1 aliphatic carbocycles. The second-order valence-corrected chi connectivity index (χ2v) is 7.53. The molecule has 0 aromatic heterocycles. The van der Waals surface area contributed by atoms with Crippen LogP contribution in [0, 0.1) is 5.92 Å². The van der Waals surface area contributed by atoms with Crippen LogP contribution < -0.4 is 0 Å². The summed E-state index contributed by atoms with van der Waals surface area (Å²) in [6, 6.07) is 0. The van der Waals surface area contributed by atoms with Crippen LogP contribution in [0.3, 0.4) is 0 Å². The Kier molecular flexibility index (Phi) is 5.41. The van der Waals surface area contributed by atoms with Gasteiger partial charge in [0.05, 0.1) is 0 Å². The Hall–Kier alpha value is 0.730. The van der Waals surface area contributed by atoms with Crippen molar-refractivity contribution < 1.29 is 14.3 Å². The second-order valence-electron chi connectivity index (χ2n) is 3.95. The van der Waals surface area contributed by atoms with E-state index in [4.69, 9.17) is 9.47 Å². The second kappa shape index (κ2) is 5.88. The van der Waals surface area contributed by atoms with Crippen LogP contribution in [-0.2, 0) is 9.47 Å². The first-order valence-corrected chi connectivity index (χ1v) is 7.49. The van der Waals surface area contributed by atoms with Crippen LogP contribution in [0.25, 0.3) is 0 Å². The molecule has 0 aliphatic heterocycles. The van der Waals surface area contributed by atoms with Gasteiger partial charge in [-0.05, 0) is 71.4 Å². The summed E-state index contributed by atoms with van der Waals surface area (Å²) >= 11 is 4.29. The lowest BCUT2D eigenvalue weighted by atomic mass is 9.88. The summed E-state index contributed by atoms with van der Waals surface area (Å²) in [4.78, 5) is 11.4. The van der Waals surface area contributed by atoms with Gasteiger partial charge in [0.25, 0.3) is 0 Å². The molecule has 0 heterocycles. The lowest BCUT2D eigenvalue weighted by Gasteiger charge is -2.36. The molecule has 0 radical (unpaired) electrons. The van der Waals surface area contributed by atoms with Crippen LogP contribution in [0.4, 0.5) is 4.79 Å². The highest BCUT2D eigenvalue weighted by atomic mass is 127. The summed E-state index contributed by atoms with van der Waals surface area (Å²) in [5, 5.41) is 0. The minimum absolute atomic E-state index is 0.144. The maximum atomic E-state index is 11.4. The van der Waals surface area contributed by atoms with Crippen LogP contribution in [0.5, 0.6) is 0 Å². The third-order valence-electron chi connectivity index (χ3n) is 2.65. The lowest BCUT2D eigenvalue weighted by Crippen LogP contribution is -2.38. The van der Waals surface area contributed by atoms with Gasteiger partial charge in [0.2, 0.25) is 0 Å². The average molecular weight is 438 g/mol. The number of hydrogen-bond donors (Lipinski definition) is 0. The minimum atomic E-state index is -0.542. The number of carbonyl (C=O) groups is 1. The molecular weight excluding hydrogens is 422 g/mol. The lowest BCUT2D eigenvalue weighted by molar-refractivity contribution is -0.0183. The smallest absolute Gasteiger partial charge is 0.421 e. The Labute approximate surface area is 118 Å². The Morgan fingerprint density at radius 3 is 2.73 bits per heavy atom. The molecule has 0 saturated heterocycles. The molecule has 0 aromatic carbocycles. The van der Waals surface area contributed by atoms with Crippen molar-refractivity contribution >= 4 is 51.3 Å². The molecule has 88 valence electrons. The van der Waals surface area contributed by atoms with Gasteiger partial charge in [-0.25, -0.2) is 4.79 Å². The van der Waals surface area contributed by atoms with Gasteiger partial charge in [-0.1, -0.05) is 13.3 Å². The van der Waals surface area contributed by atoms with Crippen molar-refractivity contribution in [1.82, 2.24) is 0 Å². The summed E-state index contributed by atoms with van der Waals surface area (Å²) in [5.41, 5.74) is 0. The molecule has 1 saturated carbocycles. The Bertz CT molecular complexity index is 233. The molecule has 3 atom stereocenters. The maximum absolute atomic E-state index is 11.4. The normalized spacial score (nSPS) is 33.2. The van der Waals surface area contributed by atoms with Gasteiger partial charge in [-0.2, -0.15) is 0 Å². The molecule has 15 heavy (non-hydrogen) atoms. The van der Waals surface area contributed by atoms with Gasteiger partial charge in [-0.3, -0.25) is 0 Å². The van der Waals surface area contributed by atoms with Crippen molar-refractivity contribution in [1.29, 1.82) is 0 Å². The zero-order chi connectivity index (χ0) is 11.5. The summed E-state index contributed by atoms with van der Waals surface area (Å²) < 4.78 is 9.90. The number of rotatable bonds is 2. The zero-order valence-corrected chi connectivity index (χ0v) is 13.3. The third-order valence-corrected chi connectivity index (χ3v) is 4.73. The van der Waals surface area contributed by atoms with Crippen molar-refractivity contribution in [3.05, 3.63) is 0 Å². The highest BCUT2D eigenvalue weighted by Gasteiger charge is 2.39. The summed E-state index contributed by atoms with van der Waals surface area (Å²) in [7, 11) is 0. The Morgan fingerprint density at radius 1 is 1.53 bits per heavy atom. The summed E-state index contributed by atoms with van der Waals surface area (Å²) in [5.74, 6) is 0.406.